The van der Waals surface area contributed by atoms with Crippen LogP contribution in [0.2, 0.25) is 0 Å². The summed E-state index contributed by atoms with van der Waals surface area (Å²) in [4.78, 5) is 12.0. The van der Waals surface area contributed by atoms with Crippen molar-refractivity contribution < 1.29 is 9.32 Å². The standard InChI is InChI=1S/C14H15N3O2.ClH/c1-8-6-12(17-19-8)14(18)16-11-7-9-4-2-3-5-10(9)13(11)15;/h2-6,11,13H,7,15H2,1H3,(H,16,18);1H/t11-,13-;/m0./s1. The lowest BCUT2D eigenvalue weighted by atomic mass is 10.1. The maximum absolute atomic E-state index is 12.0. The van der Waals surface area contributed by atoms with Crippen molar-refractivity contribution in [3.05, 3.63) is 52.9 Å². The smallest absolute Gasteiger partial charge is 0.273 e. The SMILES string of the molecule is Cc1cc(C(=O)N[C@H]2Cc3ccccc3[C@@H]2N)no1.Cl. The zero-order valence-corrected chi connectivity index (χ0v) is 11.8. The van der Waals surface area contributed by atoms with Gasteiger partial charge in [-0.15, -0.1) is 12.4 Å². The molecule has 0 spiro atoms. The van der Waals surface area contributed by atoms with Crippen molar-refractivity contribution in [2.24, 2.45) is 5.73 Å². The average Bonchev–Trinajstić information content (AvgIpc) is 2.96. The number of nitrogens with two attached hydrogens (primary N) is 1. The summed E-state index contributed by atoms with van der Waals surface area (Å²) in [5.74, 6) is 0.370. The van der Waals surface area contributed by atoms with Crippen LogP contribution in [0.3, 0.4) is 0 Å². The number of amides is 1. The van der Waals surface area contributed by atoms with Crippen LogP contribution in [0.5, 0.6) is 0 Å². The Morgan fingerprint density at radius 1 is 1.45 bits per heavy atom. The molecule has 1 aliphatic carbocycles. The molecule has 1 aromatic carbocycles. The maximum Gasteiger partial charge on any atom is 0.273 e. The highest BCUT2D eigenvalue weighted by atomic mass is 35.5. The van der Waals surface area contributed by atoms with Crippen LogP contribution in [-0.4, -0.2) is 17.1 Å². The summed E-state index contributed by atoms with van der Waals surface area (Å²) in [7, 11) is 0. The third kappa shape index (κ3) is 2.55. The highest BCUT2D eigenvalue weighted by Crippen LogP contribution is 2.29. The molecule has 1 aliphatic rings. The fourth-order valence-electron chi connectivity index (χ4n) is 2.48. The number of aryl methyl sites for hydroxylation is 1. The first-order chi connectivity index (χ1) is 9.15. The maximum atomic E-state index is 12.0. The van der Waals surface area contributed by atoms with E-state index < -0.39 is 0 Å². The van der Waals surface area contributed by atoms with Gasteiger partial charge in [0.2, 0.25) is 0 Å². The average molecular weight is 294 g/mol. The predicted octanol–water partition coefficient (Wildman–Crippen LogP) is 1.76. The van der Waals surface area contributed by atoms with Crippen LogP contribution in [-0.2, 0) is 6.42 Å². The second-order valence-corrected chi connectivity index (χ2v) is 4.83. The monoisotopic (exact) mass is 293 g/mol. The number of rotatable bonds is 2. The molecule has 6 heteroatoms. The molecule has 0 saturated heterocycles. The number of hydrogen-bond acceptors (Lipinski definition) is 4. The molecule has 0 radical (unpaired) electrons. The number of carbonyl (C=O) groups is 1. The van der Waals surface area contributed by atoms with Gasteiger partial charge in [0, 0.05) is 6.07 Å². The van der Waals surface area contributed by atoms with Crippen LogP contribution in [0.25, 0.3) is 0 Å². The third-order valence-electron chi connectivity index (χ3n) is 3.46. The molecule has 1 aromatic heterocycles. The zero-order valence-electron chi connectivity index (χ0n) is 11.0. The van der Waals surface area contributed by atoms with Gasteiger partial charge in [0.15, 0.2) is 5.69 Å². The second kappa shape index (κ2) is 5.64. The zero-order chi connectivity index (χ0) is 13.4. The van der Waals surface area contributed by atoms with Crippen LogP contribution in [0.1, 0.15) is 33.4 Å². The minimum Gasteiger partial charge on any atom is -0.361 e. The number of fused-ring (bicyclic) bond motifs is 1. The Balaban J connectivity index is 0.00000147. The molecular weight excluding hydrogens is 278 g/mol. The van der Waals surface area contributed by atoms with E-state index in [2.05, 4.69) is 10.5 Å². The van der Waals surface area contributed by atoms with Gasteiger partial charge >= 0.3 is 0 Å². The molecule has 5 nitrogen and oxygen atoms in total. The lowest BCUT2D eigenvalue weighted by Gasteiger charge is -2.16. The summed E-state index contributed by atoms with van der Waals surface area (Å²) in [6.07, 6.45) is 0.750. The summed E-state index contributed by atoms with van der Waals surface area (Å²) in [6.45, 7) is 1.75. The number of aromatic nitrogens is 1. The van der Waals surface area contributed by atoms with E-state index in [1.165, 1.54) is 5.56 Å². The van der Waals surface area contributed by atoms with Gasteiger partial charge in [-0.05, 0) is 24.5 Å². The Hall–Kier alpha value is -1.85. The number of halogens is 1. The van der Waals surface area contributed by atoms with Crippen molar-refractivity contribution in [2.45, 2.75) is 25.4 Å². The first-order valence-electron chi connectivity index (χ1n) is 6.22. The number of benzene rings is 1. The minimum atomic E-state index is -0.245. The van der Waals surface area contributed by atoms with E-state index in [0.29, 0.717) is 11.5 Å². The van der Waals surface area contributed by atoms with Crippen LogP contribution >= 0.6 is 12.4 Å². The molecule has 0 aliphatic heterocycles. The Kier molecular flexibility index (Phi) is 4.11. The van der Waals surface area contributed by atoms with Gasteiger partial charge in [0.05, 0.1) is 12.1 Å². The summed E-state index contributed by atoms with van der Waals surface area (Å²) in [6, 6.07) is 9.34. The number of nitrogens with zero attached hydrogens (tertiary/aromatic N) is 1. The first kappa shape index (κ1) is 14.6. The van der Waals surface area contributed by atoms with E-state index in [9.17, 15) is 4.79 Å². The van der Waals surface area contributed by atoms with Gasteiger partial charge in [-0.3, -0.25) is 4.79 Å². The molecule has 20 heavy (non-hydrogen) atoms. The summed E-state index contributed by atoms with van der Waals surface area (Å²) < 4.78 is 4.90. The molecule has 0 saturated carbocycles. The van der Waals surface area contributed by atoms with E-state index in [-0.39, 0.29) is 30.4 Å². The molecule has 1 heterocycles. The van der Waals surface area contributed by atoms with Gasteiger partial charge in [0.25, 0.3) is 5.91 Å². The van der Waals surface area contributed by atoms with Crippen LogP contribution in [0.4, 0.5) is 0 Å². The Bertz CT molecular complexity index is 626. The van der Waals surface area contributed by atoms with E-state index >= 15 is 0 Å². The fourth-order valence-corrected chi connectivity index (χ4v) is 2.48. The van der Waals surface area contributed by atoms with E-state index in [1.807, 2.05) is 24.3 Å². The Labute approximate surface area is 122 Å². The molecule has 2 atom stereocenters. The van der Waals surface area contributed by atoms with Crippen molar-refractivity contribution in [1.82, 2.24) is 10.5 Å². The molecular formula is C14H16ClN3O2. The number of carbonyl (C=O) groups excluding carboxylic acids is 1. The Morgan fingerprint density at radius 3 is 2.85 bits per heavy atom. The normalized spacial score (nSPS) is 20.1. The summed E-state index contributed by atoms with van der Waals surface area (Å²) in [5.41, 5.74) is 8.75. The minimum absolute atomic E-state index is 0. The van der Waals surface area contributed by atoms with Crippen molar-refractivity contribution >= 4 is 18.3 Å². The molecule has 0 unspecified atom stereocenters. The van der Waals surface area contributed by atoms with Crippen LogP contribution in [0.15, 0.2) is 34.9 Å². The van der Waals surface area contributed by atoms with E-state index in [4.69, 9.17) is 10.3 Å². The van der Waals surface area contributed by atoms with Gasteiger partial charge in [-0.1, -0.05) is 29.4 Å². The summed E-state index contributed by atoms with van der Waals surface area (Å²) >= 11 is 0. The van der Waals surface area contributed by atoms with Gasteiger partial charge < -0.3 is 15.6 Å². The topological polar surface area (TPSA) is 81.2 Å². The predicted molar refractivity (Wildman–Crippen MR) is 76.8 cm³/mol. The molecule has 1 amide bonds. The first-order valence-corrected chi connectivity index (χ1v) is 6.22. The molecule has 3 N–H and O–H groups in total. The van der Waals surface area contributed by atoms with Crippen LogP contribution in [0, 0.1) is 6.92 Å². The third-order valence-corrected chi connectivity index (χ3v) is 3.46. The highest BCUT2D eigenvalue weighted by Gasteiger charge is 2.31. The molecule has 0 bridgehead atoms. The molecule has 2 aromatic rings. The number of hydrogen-bond donors (Lipinski definition) is 2. The fraction of sp³-hybridized carbons (Fsp3) is 0.286. The van der Waals surface area contributed by atoms with Crippen LogP contribution < -0.4 is 11.1 Å². The largest absolute Gasteiger partial charge is 0.361 e. The Morgan fingerprint density at radius 2 is 2.20 bits per heavy atom. The number of nitrogens with one attached hydrogen (secondary N) is 1. The van der Waals surface area contributed by atoms with Gasteiger partial charge in [-0.25, -0.2) is 0 Å². The molecule has 3 rings (SSSR count). The second-order valence-electron chi connectivity index (χ2n) is 4.83. The quantitative estimate of drug-likeness (QED) is 0.884. The van der Waals surface area contributed by atoms with Crippen molar-refractivity contribution in [1.29, 1.82) is 0 Å². The highest BCUT2D eigenvalue weighted by molar-refractivity contribution is 5.92. The lowest BCUT2D eigenvalue weighted by molar-refractivity contribution is 0.0924. The van der Waals surface area contributed by atoms with Crippen molar-refractivity contribution in [3.63, 3.8) is 0 Å². The summed E-state index contributed by atoms with van der Waals surface area (Å²) in [5, 5.41) is 6.62. The lowest BCUT2D eigenvalue weighted by Crippen LogP contribution is -2.40. The van der Waals surface area contributed by atoms with Crippen molar-refractivity contribution in [3.8, 4) is 0 Å². The van der Waals surface area contributed by atoms with E-state index in [0.717, 1.165) is 12.0 Å². The molecule has 0 fully saturated rings. The van der Waals surface area contributed by atoms with Gasteiger partial charge in [0.1, 0.15) is 5.76 Å². The van der Waals surface area contributed by atoms with Gasteiger partial charge in [-0.2, -0.15) is 0 Å². The van der Waals surface area contributed by atoms with Crippen molar-refractivity contribution in [2.75, 3.05) is 0 Å². The molecule has 106 valence electrons. The van der Waals surface area contributed by atoms with E-state index in [1.54, 1.807) is 13.0 Å².